The fourth-order valence-electron chi connectivity index (χ4n) is 3.55. The van der Waals surface area contributed by atoms with Crippen molar-refractivity contribution in [1.29, 1.82) is 0 Å². The zero-order valence-corrected chi connectivity index (χ0v) is 15.2. The van der Waals surface area contributed by atoms with Gasteiger partial charge < -0.3 is 19.3 Å². The Morgan fingerprint density at radius 1 is 1.00 bits per heavy atom. The lowest BCUT2D eigenvalue weighted by atomic mass is 10.0. The van der Waals surface area contributed by atoms with Crippen LogP contribution in [-0.4, -0.2) is 59.3 Å². The molecule has 2 fully saturated rings. The summed E-state index contributed by atoms with van der Waals surface area (Å²) in [4.78, 5) is 22.2. The minimum atomic E-state index is 0.487. The highest BCUT2D eigenvalue weighted by Crippen LogP contribution is 2.35. The Hall–Kier alpha value is -2.64. The Labute approximate surface area is 153 Å². The maximum Gasteiger partial charge on any atom is 0.231 e. The van der Waals surface area contributed by atoms with Crippen LogP contribution in [0.4, 0.5) is 11.8 Å². The number of nitrogens with zero attached hydrogens (tertiary/aromatic N) is 6. The average molecular weight is 356 g/mol. The Bertz CT molecular complexity index is 709. The molecule has 0 bridgehead atoms. The number of piperidine rings is 1. The number of ether oxygens (including phenoxy) is 2. The first kappa shape index (κ1) is 16.8. The molecule has 4 rings (SSSR count). The van der Waals surface area contributed by atoms with E-state index < -0.39 is 0 Å². The molecule has 1 saturated heterocycles. The van der Waals surface area contributed by atoms with E-state index in [4.69, 9.17) is 9.47 Å². The first-order chi connectivity index (χ1) is 12.8. The number of rotatable bonds is 6. The Kier molecular flexibility index (Phi) is 4.73. The second kappa shape index (κ2) is 7.31. The third-order valence-corrected chi connectivity index (χ3v) is 5.00. The minimum Gasteiger partial charge on any atom is -0.481 e. The van der Waals surface area contributed by atoms with E-state index in [0.717, 1.165) is 31.7 Å². The van der Waals surface area contributed by atoms with Crippen LogP contribution in [0.15, 0.2) is 24.7 Å². The number of hydrogen-bond acceptors (Lipinski definition) is 8. The van der Waals surface area contributed by atoms with Crippen LogP contribution in [0.5, 0.6) is 11.8 Å². The van der Waals surface area contributed by atoms with Crippen LogP contribution < -0.4 is 19.3 Å². The van der Waals surface area contributed by atoms with Gasteiger partial charge in [-0.15, -0.1) is 0 Å². The molecule has 1 aliphatic heterocycles. The van der Waals surface area contributed by atoms with Crippen molar-refractivity contribution < 1.29 is 9.47 Å². The molecule has 8 heteroatoms. The van der Waals surface area contributed by atoms with Crippen LogP contribution in [0.1, 0.15) is 25.7 Å². The van der Waals surface area contributed by atoms with Crippen LogP contribution in [-0.2, 0) is 0 Å². The lowest BCUT2D eigenvalue weighted by Crippen LogP contribution is -2.47. The molecule has 0 unspecified atom stereocenters. The van der Waals surface area contributed by atoms with Crippen LogP contribution in [0.25, 0.3) is 0 Å². The van der Waals surface area contributed by atoms with E-state index in [1.807, 2.05) is 12.3 Å². The van der Waals surface area contributed by atoms with Gasteiger partial charge in [-0.25, -0.2) is 9.97 Å². The second-order valence-electron chi connectivity index (χ2n) is 6.68. The van der Waals surface area contributed by atoms with Gasteiger partial charge in [0, 0.05) is 31.4 Å². The molecular weight excluding hydrogens is 332 g/mol. The number of aromatic nitrogens is 4. The Morgan fingerprint density at radius 2 is 1.65 bits per heavy atom. The van der Waals surface area contributed by atoms with Gasteiger partial charge in [-0.1, -0.05) is 0 Å². The largest absolute Gasteiger partial charge is 0.481 e. The smallest absolute Gasteiger partial charge is 0.231 e. The van der Waals surface area contributed by atoms with Gasteiger partial charge in [0.25, 0.3) is 0 Å². The van der Waals surface area contributed by atoms with Crippen molar-refractivity contribution in [1.82, 2.24) is 19.9 Å². The molecule has 2 aromatic rings. The molecule has 0 amide bonds. The van der Waals surface area contributed by atoms with Crippen molar-refractivity contribution in [3.05, 3.63) is 24.7 Å². The lowest BCUT2D eigenvalue weighted by molar-refractivity contribution is 0.369. The van der Waals surface area contributed by atoms with Crippen LogP contribution >= 0.6 is 0 Å². The zero-order valence-electron chi connectivity index (χ0n) is 15.2. The summed E-state index contributed by atoms with van der Waals surface area (Å²) < 4.78 is 10.5. The molecule has 3 heterocycles. The zero-order chi connectivity index (χ0) is 17.9. The third-order valence-electron chi connectivity index (χ3n) is 5.00. The molecule has 8 nitrogen and oxygen atoms in total. The first-order valence-corrected chi connectivity index (χ1v) is 9.05. The van der Waals surface area contributed by atoms with Gasteiger partial charge in [0.2, 0.25) is 17.7 Å². The summed E-state index contributed by atoms with van der Waals surface area (Å²) >= 11 is 0. The normalized spacial score (nSPS) is 17.8. The van der Waals surface area contributed by atoms with Crippen LogP contribution in [0.2, 0.25) is 0 Å². The summed E-state index contributed by atoms with van der Waals surface area (Å²) in [6.07, 6.45) is 8.05. The summed E-state index contributed by atoms with van der Waals surface area (Å²) in [5, 5.41) is 0. The molecule has 2 aromatic heterocycles. The maximum atomic E-state index is 5.26. The maximum absolute atomic E-state index is 5.26. The van der Waals surface area contributed by atoms with Gasteiger partial charge in [-0.2, -0.15) is 9.97 Å². The third kappa shape index (κ3) is 3.49. The monoisotopic (exact) mass is 356 g/mol. The molecule has 0 N–H and O–H groups in total. The fourth-order valence-corrected chi connectivity index (χ4v) is 3.55. The van der Waals surface area contributed by atoms with Crippen LogP contribution in [0.3, 0.4) is 0 Å². The average Bonchev–Trinajstić information content (AvgIpc) is 3.54. The van der Waals surface area contributed by atoms with Crippen molar-refractivity contribution in [3.8, 4) is 11.8 Å². The molecule has 138 valence electrons. The Morgan fingerprint density at radius 3 is 2.19 bits per heavy atom. The molecule has 26 heavy (non-hydrogen) atoms. The molecule has 0 radical (unpaired) electrons. The van der Waals surface area contributed by atoms with Crippen molar-refractivity contribution >= 4 is 11.8 Å². The molecule has 0 aromatic carbocycles. The van der Waals surface area contributed by atoms with Crippen molar-refractivity contribution in [3.63, 3.8) is 0 Å². The number of hydrogen-bond donors (Lipinski definition) is 0. The fraction of sp³-hybridized carbons (Fsp3) is 0.556. The second-order valence-corrected chi connectivity index (χ2v) is 6.68. The SMILES string of the molecule is COc1cc(OC)nc(N2CCC(N(c3ccncn3)C3CC3)CC2)n1. The summed E-state index contributed by atoms with van der Waals surface area (Å²) in [6.45, 7) is 1.80. The summed E-state index contributed by atoms with van der Waals surface area (Å²) in [6, 6.07) is 4.82. The highest BCUT2D eigenvalue weighted by molar-refractivity contribution is 5.43. The molecule has 0 spiro atoms. The first-order valence-electron chi connectivity index (χ1n) is 9.05. The predicted molar refractivity (Wildman–Crippen MR) is 97.9 cm³/mol. The topological polar surface area (TPSA) is 76.5 Å². The van der Waals surface area contributed by atoms with E-state index in [1.165, 1.54) is 12.8 Å². The van der Waals surface area contributed by atoms with E-state index in [-0.39, 0.29) is 0 Å². The Balaban J connectivity index is 1.47. The predicted octanol–water partition coefficient (Wildman–Crippen LogP) is 1.92. The van der Waals surface area contributed by atoms with E-state index >= 15 is 0 Å². The lowest BCUT2D eigenvalue weighted by Gasteiger charge is -2.39. The van der Waals surface area contributed by atoms with Gasteiger partial charge in [0.1, 0.15) is 12.1 Å². The van der Waals surface area contributed by atoms with Gasteiger partial charge >= 0.3 is 0 Å². The number of anilines is 2. The van der Waals surface area contributed by atoms with E-state index in [1.54, 1.807) is 26.6 Å². The number of methoxy groups -OCH3 is 2. The minimum absolute atomic E-state index is 0.487. The van der Waals surface area contributed by atoms with Gasteiger partial charge in [-0.05, 0) is 31.7 Å². The van der Waals surface area contributed by atoms with Gasteiger partial charge in [0.15, 0.2) is 0 Å². The molecular formula is C18H24N6O2. The molecule has 0 atom stereocenters. The highest BCUT2D eigenvalue weighted by Gasteiger charge is 2.36. The quantitative estimate of drug-likeness (QED) is 0.777. The van der Waals surface area contributed by atoms with Gasteiger partial charge in [-0.3, -0.25) is 0 Å². The van der Waals surface area contributed by atoms with E-state index in [0.29, 0.717) is 29.8 Å². The molecule has 1 aliphatic carbocycles. The summed E-state index contributed by atoms with van der Waals surface area (Å²) in [5.74, 6) is 2.75. The van der Waals surface area contributed by atoms with E-state index in [2.05, 4.69) is 29.7 Å². The van der Waals surface area contributed by atoms with Crippen LogP contribution in [0, 0.1) is 0 Å². The van der Waals surface area contributed by atoms with E-state index in [9.17, 15) is 0 Å². The molecule has 2 aliphatic rings. The van der Waals surface area contributed by atoms with Crippen molar-refractivity contribution in [2.45, 2.75) is 37.8 Å². The van der Waals surface area contributed by atoms with Gasteiger partial charge in [0.05, 0.1) is 20.3 Å². The van der Waals surface area contributed by atoms with Crippen molar-refractivity contribution in [2.24, 2.45) is 0 Å². The summed E-state index contributed by atoms with van der Waals surface area (Å²) in [5.41, 5.74) is 0. The standard InChI is InChI=1S/C18H24N6O2/c1-25-16-11-17(26-2)22-18(21-16)23-9-6-14(7-10-23)24(13-3-4-13)15-5-8-19-12-20-15/h5,8,11-14H,3-4,6-7,9-10H2,1-2H3. The molecule has 1 saturated carbocycles. The summed E-state index contributed by atoms with van der Waals surface area (Å²) in [7, 11) is 3.21. The highest BCUT2D eigenvalue weighted by atomic mass is 16.5. The van der Waals surface area contributed by atoms with Crippen molar-refractivity contribution in [2.75, 3.05) is 37.1 Å².